The summed E-state index contributed by atoms with van der Waals surface area (Å²) < 4.78 is 5.34. The molecule has 0 saturated heterocycles. The zero-order valence-electron chi connectivity index (χ0n) is 12.6. The van der Waals surface area contributed by atoms with Crippen LogP contribution in [0.15, 0.2) is 18.2 Å². The van der Waals surface area contributed by atoms with Gasteiger partial charge in [0.2, 0.25) is 5.91 Å². The van der Waals surface area contributed by atoms with Crippen LogP contribution < -0.4 is 15.8 Å². The van der Waals surface area contributed by atoms with Gasteiger partial charge in [-0.15, -0.1) is 0 Å². The number of benzene rings is 1. The van der Waals surface area contributed by atoms with Crippen LogP contribution in [0.3, 0.4) is 0 Å². The minimum absolute atomic E-state index is 0.0458. The Morgan fingerprint density at radius 1 is 1.43 bits per heavy atom. The molecule has 2 rings (SSSR count). The normalized spacial score (nSPS) is 16.5. The molecule has 1 saturated carbocycles. The first-order valence-corrected chi connectivity index (χ1v) is 7.73. The second kappa shape index (κ2) is 6.43. The van der Waals surface area contributed by atoms with Crippen molar-refractivity contribution in [1.82, 2.24) is 0 Å². The largest absolute Gasteiger partial charge is 0.495 e. The van der Waals surface area contributed by atoms with E-state index in [9.17, 15) is 4.79 Å². The number of carbonyl (C=O) groups is 1. The number of hydrogen-bond acceptors (Lipinski definition) is 3. The Morgan fingerprint density at radius 2 is 2.10 bits per heavy atom. The number of nitrogens with one attached hydrogen (secondary N) is 1. The van der Waals surface area contributed by atoms with Gasteiger partial charge in [0.1, 0.15) is 10.7 Å². The van der Waals surface area contributed by atoms with Gasteiger partial charge in [-0.25, -0.2) is 0 Å². The third kappa shape index (κ3) is 3.02. The summed E-state index contributed by atoms with van der Waals surface area (Å²) in [6.45, 7) is 2.07. The second-order valence-electron chi connectivity index (χ2n) is 5.54. The van der Waals surface area contributed by atoms with Gasteiger partial charge in [0, 0.05) is 11.0 Å². The number of methoxy groups -OCH3 is 1. The summed E-state index contributed by atoms with van der Waals surface area (Å²) in [6, 6.07) is 5.41. The molecule has 0 spiro atoms. The highest BCUT2D eigenvalue weighted by molar-refractivity contribution is 7.80. The van der Waals surface area contributed by atoms with Gasteiger partial charge >= 0.3 is 0 Å². The summed E-state index contributed by atoms with van der Waals surface area (Å²) in [4.78, 5) is 13.0. The molecule has 1 aromatic carbocycles. The minimum atomic E-state index is -0.270. The molecule has 0 bridgehead atoms. The van der Waals surface area contributed by atoms with E-state index in [0.717, 1.165) is 32.1 Å². The number of ether oxygens (including phenoxy) is 1. The number of thiocarbonyl (C=S) groups is 1. The monoisotopic (exact) mass is 306 g/mol. The van der Waals surface area contributed by atoms with Crippen LogP contribution in [0, 0.1) is 5.41 Å². The van der Waals surface area contributed by atoms with Gasteiger partial charge in [-0.05, 0) is 31.4 Å². The highest BCUT2D eigenvalue weighted by Gasteiger charge is 2.39. The van der Waals surface area contributed by atoms with E-state index in [1.54, 1.807) is 19.2 Å². The Morgan fingerprint density at radius 3 is 2.62 bits per heavy atom. The molecule has 5 heteroatoms. The Bertz CT molecular complexity index is 551. The average Bonchev–Trinajstić information content (AvgIpc) is 2.97. The maximum Gasteiger partial charge on any atom is 0.230 e. The van der Waals surface area contributed by atoms with E-state index in [0.29, 0.717) is 17.0 Å². The van der Waals surface area contributed by atoms with Crippen LogP contribution in [0.4, 0.5) is 5.69 Å². The predicted molar refractivity (Wildman–Crippen MR) is 88.7 cm³/mol. The molecule has 1 aliphatic carbocycles. The smallest absolute Gasteiger partial charge is 0.230 e. The topological polar surface area (TPSA) is 64.3 Å². The van der Waals surface area contributed by atoms with E-state index in [1.165, 1.54) is 0 Å². The van der Waals surface area contributed by atoms with E-state index < -0.39 is 0 Å². The first-order chi connectivity index (χ1) is 10.0. The molecule has 0 unspecified atom stereocenters. The van der Waals surface area contributed by atoms with Crippen LogP contribution in [0.25, 0.3) is 0 Å². The van der Waals surface area contributed by atoms with Gasteiger partial charge in [0.15, 0.2) is 0 Å². The molecule has 114 valence electrons. The number of rotatable bonds is 5. The number of hydrogen-bond donors (Lipinski definition) is 2. The Balaban J connectivity index is 2.34. The van der Waals surface area contributed by atoms with Gasteiger partial charge in [0.05, 0.1) is 12.8 Å². The van der Waals surface area contributed by atoms with E-state index in [4.69, 9.17) is 22.7 Å². The SMILES string of the molecule is CCC1(C(=O)Nc2c(OC)cccc2C(N)=S)CCCC1. The van der Waals surface area contributed by atoms with Crippen molar-refractivity contribution in [2.75, 3.05) is 12.4 Å². The Hall–Kier alpha value is -1.62. The van der Waals surface area contributed by atoms with Gasteiger partial charge in [-0.3, -0.25) is 4.79 Å². The lowest BCUT2D eigenvalue weighted by molar-refractivity contribution is -0.125. The summed E-state index contributed by atoms with van der Waals surface area (Å²) in [6.07, 6.45) is 4.93. The maximum absolute atomic E-state index is 12.8. The molecule has 0 radical (unpaired) electrons. The standard InChI is InChI=1S/C16H22N2O2S/c1-3-16(9-4-5-10-16)15(19)18-13-11(14(17)21)7-6-8-12(13)20-2/h6-8H,3-5,9-10H2,1-2H3,(H2,17,21)(H,18,19). The number of amides is 1. The predicted octanol–water partition coefficient (Wildman–Crippen LogP) is 3.24. The van der Waals surface area contributed by atoms with Crippen molar-refractivity contribution < 1.29 is 9.53 Å². The van der Waals surface area contributed by atoms with Crippen LogP contribution in [0.5, 0.6) is 5.75 Å². The number of para-hydroxylation sites is 1. The molecule has 1 aliphatic rings. The molecule has 1 aromatic rings. The Kier molecular flexibility index (Phi) is 4.83. The van der Waals surface area contributed by atoms with Crippen molar-refractivity contribution in [2.24, 2.45) is 11.1 Å². The number of anilines is 1. The molecule has 4 nitrogen and oxygen atoms in total. The molecule has 0 aromatic heterocycles. The van der Waals surface area contributed by atoms with E-state index in [1.807, 2.05) is 6.07 Å². The van der Waals surface area contributed by atoms with Gasteiger partial charge in [0.25, 0.3) is 0 Å². The van der Waals surface area contributed by atoms with Crippen LogP contribution in [-0.2, 0) is 4.79 Å². The lowest BCUT2D eigenvalue weighted by Crippen LogP contribution is -2.34. The van der Waals surface area contributed by atoms with Crippen molar-refractivity contribution in [2.45, 2.75) is 39.0 Å². The highest BCUT2D eigenvalue weighted by atomic mass is 32.1. The van der Waals surface area contributed by atoms with Crippen LogP contribution >= 0.6 is 12.2 Å². The summed E-state index contributed by atoms with van der Waals surface area (Å²) >= 11 is 5.07. The highest BCUT2D eigenvalue weighted by Crippen LogP contribution is 2.42. The Labute approximate surface area is 131 Å². The van der Waals surface area contributed by atoms with Crippen molar-refractivity contribution in [1.29, 1.82) is 0 Å². The van der Waals surface area contributed by atoms with Crippen molar-refractivity contribution in [3.63, 3.8) is 0 Å². The first kappa shape index (κ1) is 15.8. The van der Waals surface area contributed by atoms with Gasteiger partial charge < -0.3 is 15.8 Å². The molecule has 1 amide bonds. The fraction of sp³-hybridized carbons (Fsp3) is 0.500. The average molecular weight is 306 g/mol. The van der Waals surface area contributed by atoms with E-state index >= 15 is 0 Å². The molecular weight excluding hydrogens is 284 g/mol. The zero-order valence-corrected chi connectivity index (χ0v) is 13.4. The van der Waals surface area contributed by atoms with Gasteiger partial charge in [-0.1, -0.05) is 38.0 Å². The summed E-state index contributed by atoms with van der Waals surface area (Å²) in [5.41, 5.74) is 6.71. The van der Waals surface area contributed by atoms with Crippen LogP contribution in [0.2, 0.25) is 0 Å². The summed E-state index contributed by atoms with van der Waals surface area (Å²) in [5, 5.41) is 3.01. The number of carbonyl (C=O) groups excluding carboxylic acids is 1. The lowest BCUT2D eigenvalue weighted by Gasteiger charge is -2.27. The van der Waals surface area contributed by atoms with Crippen LogP contribution in [-0.4, -0.2) is 18.0 Å². The molecule has 0 atom stereocenters. The fourth-order valence-electron chi connectivity index (χ4n) is 3.07. The third-order valence-electron chi connectivity index (χ3n) is 4.47. The van der Waals surface area contributed by atoms with E-state index in [2.05, 4.69) is 12.2 Å². The number of nitrogens with two attached hydrogens (primary N) is 1. The fourth-order valence-corrected chi connectivity index (χ4v) is 3.24. The first-order valence-electron chi connectivity index (χ1n) is 7.32. The van der Waals surface area contributed by atoms with Crippen molar-refractivity contribution >= 4 is 28.8 Å². The van der Waals surface area contributed by atoms with Gasteiger partial charge in [-0.2, -0.15) is 0 Å². The molecule has 21 heavy (non-hydrogen) atoms. The molecule has 3 N–H and O–H groups in total. The molecule has 0 aliphatic heterocycles. The summed E-state index contributed by atoms with van der Waals surface area (Å²) in [5.74, 6) is 0.627. The van der Waals surface area contributed by atoms with Crippen molar-refractivity contribution in [3.8, 4) is 5.75 Å². The van der Waals surface area contributed by atoms with E-state index in [-0.39, 0.29) is 16.3 Å². The quantitative estimate of drug-likeness (QED) is 0.820. The summed E-state index contributed by atoms with van der Waals surface area (Å²) in [7, 11) is 1.57. The van der Waals surface area contributed by atoms with Crippen LogP contribution in [0.1, 0.15) is 44.6 Å². The lowest BCUT2D eigenvalue weighted by atomic mass is 9.82. The second-order valence-corrected chi connectivity index (χ2v) is 5.98. The minimum Gasteiger partial charge on any atom is -0.495 e. The third-order valence-corrected chi connectivity index (χ3v) is 4.69. The van der Waals surface area contributed by atoms with Crippen molar-refractivity contribution in [3.05, 3.63) is 23.8 Å². The molecule has 1 fully saturated rings. The molecule has 0 heterocycles. The maximum atomic E-state index is 12.8. The molecular formula is C16H22N2O2S. The zero-order chi connectivity index (χ0) is 15.5.